The average molecular weight is 311 g/mol. The van der Waals surface area contributed by atoms with Crippen molar-refractivity contribution in [3.63, 3.8) is 0 Å². The molecule has 1 aliphatic rings. The number of carbonyl (C=O) groups is 2. The van der Waals surface area contributed by atoms with Gasteiger partial charge in [0.05, 0.1) is 0 Å². The van der Waals surface area contributed by atoms with Crippen molar-refractivity contribution in [2.45, 2.75) is 19.4 Å². The lowest BCUT2D eigenvalue weighted by Crippen LogP contribution is -2.31. The number of anilines is 1. The summed E-state index contributed by atoms with van der Waals surface area (Å²) in [5.74, 6) is -0.827. The molecule has 0 unspecified atom stereocenters. The number of carboxylic acid groups (broad SMARTS) is 1. The molecule has 0 saturated heterocycles. The third-order valence-electron chi connectivity index (χ3n) is 3.95. The van der Waals surface area contributed by atoms with E-state index < -0.39 is 17.3 Å². The van der Waals surface area contributed by atoms with Crippen molar-refractivity contribution in [1.29, 1.82) is 0 Å². The fraction of sp³-hybridized carbons (Fsp3) is 0.222. The van der Waals surface area contributed by atoms with Crippen LogP contribution in [-0.4, -0.2) is 17.0 Å². The minimum Gasteiger partial charge on any atom is -0.489 e. The molecule has 0 bridgehead atoms. The van der Waals surface area contributed by atoms with Gasteiger partial charge in [-0.3, -0.25) is 9.59 Å². The number of rotatable bonds is 6. The molecule has 0 aromatic heterocycles. The van der Waals surface area contributed by atoms with Gasteiger partial charge in [-0.15, -0.1) is 0 Å². The van der Waals surface area contributed by atoms with Crippen molar-refractivity contribution < 1.29 is 19.4 Å². The third kappa shape index (κ3) is 3.34. The number of carboxylic acids is 1. The summed E-state index contributed by atoms with van der Waals surface area (Å²) < 4.78 is 5.66. The van der Waals surface area contributed by atoms with Crippen LogP contribution in [0.5, 0.6) is 5.75 Å². The maximum absolute atomic E-state index is 12.0. The second kappa shape index (κ2) is 6.12. The molecule has 3 rings (SSSR count). The Bertz CT molecular complexity index is 706. The van der Waals surface area contributed by atoms with Crippen LogP contribution in [0, 0.1) is 5.41 Å². The maximum atomic E-state index is 12.0. The summed E-state index contributed by atoms with van der Waals surface area (Å²) in [6, 6.07) is 16.7. The molecule has 1 amide bonds. The van der Waals surface area contributed by atoms with E-state index in [1.165, 1.54) is 0 Å². The molecular formula is C18H17NO4. The summed E-state index contributed by atoms with van der Waals surface area (Å²) in [7, 11) is 0. The summed E-state index contributed by atoms with van der Waals surface area (Å²) in [5.41, 5.74) is 0.402. The lowest BCUT2D eigenvalue weighted by molar-refractivity contribution is -0.147. The third-order valence-corrected chi connectivity index (χ3v) is 3.95. The van der Waals surface area contributed by atoms with Gasteiger partial charge in [0.15, 0.2) is 0 Å². The van der Waals surface area contributed by atoms with E-state index in [2.05, 4.69) is 5.32 Å². The molecule has 1 aliphatic carbocycles. The Morgan fingerprint density at radius 2 is 1.70 bits per heavy atom. The monoisotopic (exact) mass is 311 g/mol. The first-order chi connectivity index (χ1) is 11.1. The molecule has 5 heteroatoms. The van der Waals surface area contributed by atoms with Crippen molar-refractivity contribution in [3.05, 3.63) is 60.2 Å². The van der Waals surface area contributed by atoms with Gasteiger partial charge in [0.2, 0.25) is 5.91 Å². The van der Waals surface area contributed by atoms with Gasteiger partial charge in [0, 0.05) is 5.69 Å². The molecule has 0 aliphatic heterocycles. The number of hydrogen-bond acceptors (Lipinski definition) is 3. The average Bonchev–Trinajstić information content (AvgIpc) is 3.37. The summed E-state index contributed by atoms with van der Waals surface area (Å²) in [5, 5.41) is 11.7. The lowest BCUT2D eigenvalue weighted by atomic mass is 10.1. The van der Waals surface area contributed by atoms with Crippen LogP contribution in [0.25, 0.3) is 0 Å². The number of carbonyl (C=O) groups excluding carboxylic acids is 1. The number of amides is 1. The van der Waals surface area contributed by atoms with E-state index in [4.69, 9.17) is 9.84 Å². The van der Waals surface area contributed by atoms with E-state index in [0.29, 0.717) is 30.9 Å². The molecule has 2 aromatic carbocycles. The fourth-order valence-corrected chi connectivity index (χ4v) is 2.29. The minimum absolute atomic E-state index is 0.395. The van der Waals surface area contributed by atoms with Crippen LogP contribution in [-0.2, 0) is 16.2 Å². The SMILES string of the molecule is O=C(O)C1(C(=O)Nc2ccc(OCc3ccccc3)cc2)CC1. The molecule has 1 fully saturated rings. The normalized spacial score (nSPS) is 14.8. The molecule has 0 radical (unpaired) electrons. The van der Waals surface area contributed by atoms with Gasteiger partial charge in [-0.2, -0.15) is 0 Å². The molecular weight excluding hydrogens is 294 g/mol. The second-order valence-corrected chi connectivity index (χ2v) is 5.64. The van der Waals surface area contributed by atoms with Crippen molar-refractivity contribution in [1.82, 2.24) is 0 Å². The van der Waals surface area contributed by atoms with Crippen molar-refractivity contribution in [2.24, 2.45) is 5.41 Å². The predicted molar refractivity (Wildman–Crippen MR) is 85.1 cm³/mol. The number of hydrogen-bond donors (Lipinski definition) is 2. The van der Waals surface area contributed by atoms with E-state index in [9.17, 15) is 9.59 Å². The lowest BCUT2D eigenvalue weighted by Gasteiger charge is -2.11. The van der Waals surface area contributed by atoms with Gasteiger partial charge in [-0.1, -0.05) is 30.3 Å². The van der Waals surface area contributed by atoms with Crippen molar-refractivity contribution in [3.8, 4) is 5.75 Å². The number of benzene rings is 2. The molecule has 0 spiro atoms. The number of ether oxygens (including phenoxy) is 1. The second-order valence-electron chi connectivity index (χ2n) is 5.64. The topological polar surface area (TPSA) is 75.6 Å². The Kier molecular flexibility index (Phi) is 4.02. The fourth-order valence-electron chi connectivity index (χ4n) is 2.29. The van der Waals surface area contributed by atoms with E-state index >= 15 is 0 Å². The van der Waals surface area contributed by atoms with Crippen LogP contribution in [0.4, 0.5) is 5.69 Å². The van der Waals surface area contributed by atoms with Crippen molar-refractivity contribution in [2.75, 3.05) is 5.32 Å². The highest BCUT2D eigenvalue weighted by Crippen LogP contribution is 2.46. The summed E-state index contributed by atoms with van der Waals surface area (Å²) >= 11 is 0. The first-order valence-electron chi connectivity index (χ1n) is 7.42. The van der Waals surface area contributed by atoms with Crippen molar-refractivity contribution >= 4 is 17.6 Å². The zero-order chi connectivity index (χ0) is 16.3. The van der Waals surface area contributed by atoms with E-state index in [1.807, 2.05) is 30.3 Å². The number of nitrogens with one attached hydrogen (secondary N) is 1. The van der Waals surface area contributed by atoms with Crippen LogP contribution >= 0.6 is 0 Å². The van der Waals surface area contributed by atoms with Gasteiger partial charge in [-0.05, 0) is 42.7 Å². The first-order valence-corrected chi connectivity index (χ1v) is 7.42. The van der Waals surface area contributed by atoms with Crippen LogP contribution in [0.3, 0.4) is 0 Å². The van der Waals surface area contributed by atoms with E-state index in [-0.39, 0.29) is 0 Å². The molecule has 0 atom stereocenters. The van der Waals surface area contributed by atoms with Crippen LogP contribution in [0.1, 0.15) is 18.4 Å². The van der Waals surface area contributed by atoms with Crippen LogP contribution in [0.15, 0.2) is 54.6 Å². The summed E-state index contributed by atoms with van der Waals surface area (Å²) in [6.07, 6.45) is 0.791. The highest BCUT2D eigenvalue weighted by Gasteiger charge is 2.57. The van der Waals surface area contributed by atoms with Gasteiger partial charge in [0.25, 0.3) is 0 Å². The Balaban J connectivity index is 1.57. The molecule has 1 saturated carbocycles. The zero-order valence-corrected chi connectivity index (χ0v) is 12.5. The number of aliphatic carboxylic acids is 1. The Morgan fingerprint density at radius 3 is 2.26 bits per heavy atom. The predicted octanol–water partition coefficient (Wildman–Crippen LogP) is 3.07. The molecule has 118 valence electrons. The molecule has 5 nitrogen and oxygen atoms in total. The molecule has 23 heavy (non-hydrogen) atoms. The molecule has 2 aromatic rings. The van der Waals surface area contributed by atoms with E-state index in [0.717, 1.165) is 5.56 Å². The van der Waals surface area contributed by atoms with Crippen LogP contribution < -0.4 is 10.1 Å². The molecule has 0 heterocycles. The first kappa shape index (κ1) is 15.1. The zero-order valence-electron chi connectivity index (χ0n) is 12.5. The Morgan fingerprint density at radius 1 is 1.04 bits per heavy atom. The highest BCUT2D eigenvalue weighted by atomic mass is 16.5. The van der Waals surface area contributed by atoms with Gasteiger partial charge in [-0.25, -0.2) is 0 Å². The maximum Gasteiger partial charge on any atom is 0.319 e. The Labute approximate surface area is 133 Å². The standard InChI is InChI=1S/C18H17NO4/c20-16(18(10-11-18)17(21)22)19-14-6-8-15(9-7-14)23-12-13-4-2-1-3-5-13/h1-9H,10-12H2,(H,19,20)(H,21,22). The van der Waals surface area contributed by atoms with Gasteiger partial charge >= 0.3 is 5.97 Å². The van der Waals surface area contributed by atoms with Gasteiger partial charge < -0.3 is 15.2 Å². The summed E-state index contributed by atoms with van der Waals surface area (Å²) in [4.78, 5) is 23.1. The van der Waals surface area contributed by atoms with E-state index in [1.54, 1.807) is 24.3 Å². The largest absolute Gasteiger partial charge is 0.489 e. The minimum atomic E-state index is -1.23. The highest BCUT2D eigenvalue weighted by molar-refractivity contribution is 6.10. The molecule has 2 N–H and O–H groups in total. The Hall–Kier alpha value is -2.82. The quantitative estimate of drug-likeness (QED) is 0.804. The van der Waals surface area contributed by atoms with Crippen LogP contribution in [0.2, 0.25) is 0 Å². The summed E-state index contributed by atoms with van der Waals surface area (Å²) in [6.45, 7) is 0.467. The van der Waals surface area contributed by atoms with Gasteiger partial charge in [0.1, 0.15) is 17.8 Å². The smallest absolute Gasteiger partial charge is 0.319 e.